The van der Waals surface area contributed by atoms with E-state index < -0.39 is 11.8 Å². The van der Waals surface area contributed by atoms with Crippen molar-refractivity contribution in [3.63, 3.8) is 0 Å². The van der Waals surface area contributed by atoms with E-state index >= 15 is 0 Å². The number of hydrogen-bond donors (Lipinski definition) is 1. The van der Waals surface area contributed by atoms with Gasteiger partial charge in [0.05, 0.1) is 5.56 Å². The van der Waals surface area contributed by atoms with Crippen LogP contribution in [0.5, 0.6) is 0 Å². The van der Waals surface area contributed by atoms with Crippen LogP contribution in [0.15, 0.2) is 18.2 Å². The van der Waals surface area contributed by atoms with Crippen LogP contribution in [-0.2, 0) is 6.54 Å². The Bertz CT molecular complexity index is 414. The molecule has 92 valence electrons. The summed E-state index contributed by atoms with van der Waals surface area (Å²) in [6.07, 6.45) is 3.64. The Morgan fingerprint density at radius 3 is 2.65 bits per heavy atom. The number of carboxylic acids is 1. The maximum Gasteiger partial charge on any atom is 0.338 e. The number of halogens is 1. The Kier molecular flexibility index (Phi) is 3.74. The van der Waals surface area contributed by atoms with Gasteiger partial charge in [-0.25, -0.2) is 9.18 Å². The molecule has 0 atom stereocenters. The molecule has 17 heavy (non-hydrogen) atoms. The van der Waals surface area contributed by atoms with Crippen LogP contribution in [0.25, 0.3) is 0 Å². The van der Waals surface area contributed by atoms with Gasteiger partial charge >= 0.3 is 5.97 Å². The highest BCUT2D eigenvalue weighted by molar-refractivity contribution is 5.88. The summed E-state index contributed by atoms with van der Waals surface area (Å²) < 4.78 is 13.2. The quantitative estimate of drug-likeness (QED) is 0.878. The predicted molar refractivity (Wildman–Crippen MR) is 62.5 cm³/mol. The van der Waals surface area contributed by atoms with Crippen LogP contribution in [0, 0.1) is 5.82 Å². The molecule has 4 heteroatoms. The maximum atomic E-state index is 13.2. The number of nitrogens with zero attached hydrogens (tertiary/aromatic N) is 1. The molecule has 2 rings (SSSR count). The van der Waals surface area contributed by atoms with E-state index in [2.05, 4.69) is 4.90 Å². The summed E-state index contributed by atoms with van der Waals surface area (Å²) in [6, 6.07) is 4.34. The van der Waals surface area contributed by atoms with E-state index in [0.717, 1.165) is 18.7 Å². The van der Waals surface area contributed by atoms with Gasteiger partial charge in [-0.3, -0.25) is 4.90 Å². The first-order valence-electron chi connectivity index (χ1n) is 5.91. The standard InChI is InChI=1S/C13H16FNO2/c14-12-5-4-10(8-11(12)13(16)17)9-15-6-2-1-3-7-15/h4-5,8H,1-3,6-7,9H2,(H,16,17). The fourth-order valence-electron chi connectivity index (χ4n) is 2.21. The largest absolute Gasteiger partial charge is 0.478 e. The number of carbonyl (C=O) groups is 1. The lowest BCUT2D eigenvalue weighted by molar-refractivity contribution is 0.0691. The fourth-order valence-corrected chi connectivity index (χ4v) is 2.21. The first-order valence-corrected chi connectivity index (χ1v) is 5.91. The summed E-state index contributed by atoms with van der Waals surface area (Å²) in [6.45, 7) is 2.79. The lowest BCUT2D eigenvalue weighted by Crippen LogP contribution is -2.29. The van der Waals surface area contributed by atoms with Crippen molar-refractivity contribution < 1.29 is 14.3 Å². The van der Waals surface area contributed by atoms with E-state index in [1.54, 1.807) is 6.07 Å². The van der Waals surface area contributed by atoms with E-state index in [1.165, 1.54) is 31.4 Å². The molecule has 1 aliphatic rings. The minimum Gasteiger partial charge on any atom is -0.478 e. The minimum absolute atomic E-state index is 0.237. The van der Waals surface area contributed by atoms with Crippen molar-refractivity contribution in [3.8, 4) is 0 Å². The van der Waals surface area contributed by atoms with Crippen molar-refractivity contribution in [3.05, 3.63) is 35.1 Å². The predicted octanol–water partition coefficient (Wildman–Crippen LogP) is 2.51. The lowest BCUT2D eigenvalue weighted by Gasteiger charge is -2.26. The molecule has 1 aromatic rings. The van der Waals surface area contributed by atoms with Crippen molar-refractivity contribution >= 4 is 5.97 Å². The molecule has 1 heterocycles. The molecule has 3 nitrogen and oxygen atoms in total. The molecule has 1 N–H and O–H groups in total. The van der Waals surface area contributed by atoms with Gasteiger partial charge < -0.3 is 5.11 Å². The average molecular weight is 237 g/mol. The molecule has 1 saturated heterocycles. The molecule has 0 bridgehead atoms. The van der Waals surface area contributed by atoms with E-state index in [4.69, 9.17) is 5.11 Å². The van der Waals surface area contributed by atoms with Crippen LogP contribution < -0.4 is 0 Å². The third-order valence-electron chi connectivity index (χ3n) is 3.12. The Labute approximate surface area is 99.9 Å². The third-order valence-corrected chi connectivity index (χ3v) is 3.12. The first kappa shape index (κ1) is 12.0. The van der Waals surface area contributed by atoms with Crippen molar-refractivity contribution in [2.45, 2.75) is 25.8 Å². The lowest BCUT2D eigenvalue weighted by atomic mass is 10.1. The van der Waals surface area contributed by atoms with Crippen LogP contribution in [0.3, 0.4) is 0 Å². The Morgan fingerprint density at radius 2 is 2.00 bits per heavy atom. The zero-order chi connectivity index (χ0) is 12.3. The summed E-state index contributed by atoms with van der Waals surface area (Å²) in [5, 5.41) is 8.84. The molecule has 1 aromatic carbocycles. The van der Waals surface area contributed by atoms with Crippen LogP contribution in [0.1, 0.15) is 35.2 Å². The molecule has 1 aliphatic heterocycles. The molecule has 1 fully saturated rings. The van der Waals surface area contributed by atoms with E-state index in [9.17, 15) is 9.18 Å². The summed E-state index contributed by atoms with van der Waals surface area (Å²) in [5.74, 6) is -1.87. The number of piperidine rings is 1. The summed E-state index contributed by atoms with van der Waals surface area (Å²) in [7, 11) is 0. The second kappa shape index (κ2) is 5.27. The minimum atomic E-state index is -1.21. The van der Waals surface area contributed by atoms with Crippen molar-refractivity contribution in [2.75, 3.05) is 13.1 Å². The van der Waals surface area contributed by atoms with E-state index in [-0.39, 0.29) is 5.56 Å². The number of rotatable bonds is 3. The van der Waals surface area contributed by atoms with Crippen molar-refractivity contribution in [1.82, 2.24) is 4.90 Å². The highest BCUT2D eigenvalue weighted by Gasteiger charge is 2.14. The second-order valence-corrected chi connectivity index (χ2v) is 4.46. The van der Waals surface area contributed by atoms with E-state index in [1.807, 2.05) is 0 Å². The zero-order valence-corrected chi connectivity index (χ0v) is 9.66. The van der Waals surface area contributed by atoms with Gasteiger partial charge in [-0.15, -0.1) is 0 Å². The van der Waals surface area contributed by atoms with Crippen LogP contribution >= 0.6 is 0 Å². The number of aromatic carboxylic acids is 1. The van der Waals surface area contributed by atoms with Gasteiger partial charge in [0.2, 0.25) is 0 Å². The Morgan fingerprint density at radius 1 is 1.29 bits per heavy atom. The molecule has 0 radical (unpaired) electrons. The highest BCUT2D eigenvalue weighted by atomic mass is 19.1. The number of hydrogen-bond acceptors (Lipinski definition) is 2. The molecule has 0 aromatic heterocycles. The van der Waals surface area contributed by atoms with Gasteiger partial charge in [0.1, 0.15) is 5.82 Å². The molecular formula is C13H16FNO2. The number of likely N-dealkylation sites (tertiary alicyclic amines) is 1. The number of carboxylic acid groups (broad SMARTS) is 1. The normalized spacial score (nSPS) is 17.0. The highest BCUT2D eigenvalue weighted by Crippen LogP contribution is 2.16. The van der Waals surface area contributed by atoms with Gasteiger partial charge in [0, 0.05) is 6.54 Å². The average Bonchev–Trinajstić information content (AvgIpc) is 2.32. The van der Waals surface area contributed by atoms with Gasteiger partial charge in [0.25, 0.3) is 0 Å². The van der Waals surface area contributed by atoms with E-state index in [0.29, 0.717) is 6.54 Å². The number of benzene rings is 1. The van der Waals surface area contributed by atoms with Crippen LogP contribution in [-0.4, -0.2) is 29.1 Å². The first-order chi connectivity index (χ1) is 8.16. The monoisotopic (exact) mass is 237 g/mol. The molecule has 0 aliphatic carbocycles. The van der Waals surface area contributed by atoms with Gasteiger partial charge in [-0.2, -0.15) is 0 Å². The fraction of sp³-hybridized carbons (Fsp3) is 0.462. The second-order valence-electron chi connectivity index (χ2n) is 4.46. The topological polar surface area (TPSA) is 40.5 Å². The van der Waals surface area contributed by atoms with Gasteiger partial charge in [-0.1, -0.05) is 12.5 Å². The smallest absolute Gasteiger partial charge is 0.338 e. The summed E-state index contributed by atoms with van der Waals surface area (Å²) in [5.41, 5.74) is 0.630. The summed E-state index contributed by atoms with van der Waals surface area (Å²) >= 11 is 0. The molecule has 0 unspecified atom stereocenters. The Balaban J connectivity index is 2.10. The molecule has 0 amide bonds. The van der Waals surface area contributed by atoms with Crippen LogP contribution in [0.2, 0.25) is 0 Å². The molecule has 0 spiro atoms. The Hall–Kier alpha value is -1.42. The zero-order valence-electron chi connectivity index (χ0n) is 9.66. The summed E-state index contributed by atoms with van der Waals surface area (Å²) in [4.78, 5) is 13.1. The van der Waals surface area contributed by atoms with Gasteiger partial charge in [-0.05, 0) is 43.6 Å². The molecular weight excluding hydrogens is 221 g/mol. The van der Waals surface area contributed by atoms with Crippen LogP contribution in [0.4, 0.5) is 4.39 Å². The SMILES string of the molecule is O=C(O)c1cc(CN2CCCCC2)ccc1F. The maximum absolute atomic E-state index is 13.2. The van der Waals surface area contributed by atoms with Crippen molar-refractivity contribution in [1.29, 1.82) is 0 Å². The van der Waals surface area contributed by atoms with Gasteiger partial charge in [0.15, 0.2) is 0 Å². The van der Waals surface area contributed by atoms with Crippen molar-refractivity contribution in [2.24, 2.45) is 0 Å². The molecule has 0 saturated carbocycles. The third kappa shape index (κ3) is 3.03.